The Morgan fingerprint density at radius 2 is 1.27 bits per heavy atom. The van der Waals surface area contributed by atoms with Gasteiger partial charge in [-0.3, -0.25) is 4.79 Å². The monoisotopic (exact) mass is 384 g/mol. The van der Waals surface area contributed by atoms with E-state index in [1.54, 1.807) is 18.2 Å². The van der Waals surface area contributed by atoms with Crippen molar-refractivity contribution >= 4 is 40.8 Å². The molecule has 3 aromatic carbocycles. The van der Waals surface area contributed by atoms with E-state index in [2.05, 4.69) is 0 Å². The molecule has 0 aromatic heterocycles. The molecule has 3 amide bonds. The summed E-state index contributed by atoms with van der Waals surface area (Å²) in [6.45, 7) is 0. The van der Waals surface area contributed by atoms with Gasteiger partial charge in [0.05, 0.1) is 21.3 Å². The number of carbonyl (C=O) groups is 2. The highest BCUT2D eigenvalue weighted by molar-refractivity contribution is 6.41. The lowest BCUT2D eigenvalue weighted by atomic mass is 10.1. The van der Waals surface area contributed by atoms with Crippen LogP contribution in [0, 0.1) is 0 Å². The zero-order valence-corrected chi connectivity index (χ0v) is 15.0. The minimum absolute atomic E-state index is 0.0294. The van der Waals surface area contributed by atoms with Crippen LogP contribution in [0.2, 0.25) is 10.0 Å². The van der Waals surface area contributed by atoms with Gasteiger partial charge in [0, 0.05) is 0 Å². The molecule has 4 nitrogen and oxygen atoms in total. The van der Waals surface area contributed by atoms with Crippen molar-refractivity contribution < 1.29 is 9.59 Å². The van der Waals surface area contributed by atoms with Crippen molar-refractivity contribution in [3.05, 3.63) is 88.4 Å². The van der Waals surface area contributed by atoms with Crippen LogP contribution in [0.3, 0.4) is 0 Å². The number of benzene rings is 3. The van der Waals surface area contributed by atoms with E-state index in [9.17, 15) is 9.59 Å². The Hall–Kier alpha value is -2.82. The normalized spacial score (nSPS) is 10.4. The molecule has 0 saturated heterocycles. The Labute approximate surface area is 160 Å². The number of urea groups is 1. The maximum absolute atomic E-state index is 12.8. The molecular formula is C20H14Cl2N2O2. The van der Waals surface area contributed by atoms with Gasteiger partial charge in [-0.15, -0.1) is 0 Å². The zero-order valence-electron chi connectivity index (χ0n) is 13.5. The number of anilines is 1. The molecule has 6 heteroatoms. The van der Waals surface area contributed by atoms with Crippen LogP contribution in [0.25, 0.3) is 11.1 Å². The summed E-state index contributed by atoms with van der Waals surface area (Å²) in [6.07, 6.45) is 0. The zero-order chi connectivity index (χ0) is 18.7. The number of imide groups is 1. The van der Waals surface area contributed by atoms with Crippen molar-refractivity contribution in [3.63, 3.8) is 0 Å². The van der Waals surface area contributed by atoms with Crippen LogP contribution < -0.4 is 10.6 Å². The van der Waals surface area contributed by atoms with E-state index in [1.165, 1.54) is 12.1 Å². The average Bonchev–Trinajstić information content (AvgIpc) is 2.63. The summed E-state index contributed by atoms with van der Waals surface area (Å²) in [5.74, 6) is -0.680. The Morgan fingerprint density at radius 1 is 0.731 bits per heavy atom. The summed E-state index contributed by atoms with van der Waals surface area (Å²) >= 11 is 12.2. The number of hydrogen-bond acceptors (Lipinski definition) is 2. The van der Waals surface area contributed by atoms with Crippen LogP contribution in [0.4, 0.5) is 10.5 Å². The highest BCUT2D eigenvalue weighted by Crippen LogP contribution is 2.29. The quantitative estimate of drug-likeness (QED) is 0.657. The van der Waals surface area contributed by atoms with E-state index in [0.29, 0.717) is 5.69 Å². The molecule has 3 aromatic rings. The molecule has 26 heavy (non-hydrogen) atoms. The van der Waals surface area contributed by atoms with Gasteiger partial charge in [0.1, 0.15) is 0 Å². The van der Waals surface area contributed by atoms with E-state index in [0.717, 1.165) is 16.0 Å². The molecular weight excluding hydrogens is 371 g/mol. The van der Waals surface area contributed by atoms with Crippen molar-refractivity contribution in [1.29, 1.82) is 0 Å². The maximum atomic E-state index is 12.8. The number of hydrogen-bond donors (Lipinski definition) is 1. The molecule has 0 atom stereocenters. The van der Waals surface area contributed by atoms with Crippen molar-refractivity contribution in [2.24, 2.45) is 5.73 Å². The number of amides is 3. The molecule has 0 radical (unpaired) electrons. The Kier molecular flexibility index (Phi) is 5.26. The minimum atomic E-state index is -0.918. The lowest BCUT2D eigenvalue weighted by Crippen LogP contribution is -2.41. The molecule has 0 aliphatic carbocycles. The SMILES string of the molecule is NC(=O)N(C(=O)c1c(Cl)cccc1Cl)c1ccc(-c2ccccc2)cc1. The Morgan fingerprint density at radius 3 is 1.81 bits per heavy atom. The van der Waals surface area contributed by atoms with Crippen LogP contribution >= 0.6 is 23.2 Å². The topological polar surface area (TPSA) is 63.4 Å². The van der Waals surface area contributed by atoms with Crippen LogP contribution in [-0.2, 0) is 0 Å². The van der Waals surface area contributed by atoms with Gasteiger partial charge in [-0.2, -0.15) is 0 Å². The lowest BCUT2D eigenvalue weighted by Gasteiger charge is -2.20. The third kappa shape index (κ3) is 3.57. The molecule has 0 fully saturated rings. The number of primary amides is 1. The number of nitrogens with zero attached hydrogens (tertiary/aromatic N) is 1. The van der Waals surface area contributed by atoms with E-state index in [4.69, 9.17) is 28.9 Å². The van der Waals surface area contributed by atoms with Gasteiger partial charge >= 0.3 is 6.03 Å². The summed E-state index contributed by atoms with van der Waals surface area (Å²) in [6, 6.07) is 20.4. The predicted octanol–water partition coefficient (Wildman–Crippen LogP) is 5.39. The number of rotatable bonds is 3. The van der Waals surface area contributed by atoms with Gasteiger partial charge in [-0.05, 0) is 35.4 Å². The van der Waals surface area contributed by atoms with E-state index in [1.807, 2.05) is 42.5 Å². The van der Waals surface area contributed by atoms with E-state index in [-0.39, 0.29) is 15.6 Å². The number of halogens is 2. The van der Waals surface area contributed by atoms with Crippen LogP contribution in [-0.4, -0.2) is 11.9 Å². The minimum Gasteiger partial charge on any atom is -0.351 e. The molecule has 0 unspecified atom stereocenters. The van der Waals surface area contributed by atoms with Gasteiger partial charge < -0.3 is 5.73 Å². The van der Waals surface area contributed by atoms with Crippen molar-refractivity contribution in [2.75, 3.05) is 4.90 Å². The first-order chi connectivity index (χ1) is 12.5. The smallest absolute Gasteiger partial charge is 0.326 e. The maximum Gasteiger partial charge on any atom is 0.326 e. The molecule has 0 aliphatic rings. The first-order valence-corrected chi connectivity index (χ1v) is 8.48. The fourth-order valence-corrected chi connectivity index (χ4v) is 3.15. The molecule has 130 valence electrons. The Bertz CT molecular complexity index is 937. The lowest BCUT2D eigenvalue weighted by molar-refractivity contribution is 0.0995. The van der Waals surface area contributed by atoms with Crippen LogP contribution in [0.5, 0.6) is 0 Å². The third-order valence-electron chi connectivity index (χ3n) is 3.83. The van der Waals surface area contributed by atoms with Gasteiger partial charge in [0.2, 0.25) is 0 Å². The van der Waals surface area contributed by atoms with Gasteiger partial charge in [-0.1, -0.05) is 71.7 Å². The first kappa shape index (κ1) is 18.0. The van der Waals surface area contributed by atoms with Crippen molar-refractivity contribution in [2.45, 2.75) is 0 Å². The second kappa shape index (κ2) is 7.60. The summed E-state index contributed by atoms with van der Waals surface area (Å²) in [4.78, 5) is 25.6. The van der Waals surface area contributed by atoms with E-state index >= 15 is 0 Å². The second-order valence-electron chi connectivity index (χ2n) is 5.49. The third-order valence-corrected chi connectivity index (χ3v) is 4.46. The number of nitrogens with two attached hydrogens (primary N) is 1. The van der Waals surface area contributed by atoms with Gasteiger partial charge in [-0.25, -0.2) is 9.69 Å². The molecule has 0 aliphatic heterocycles. The summed E-state index contributed by atoms with van der Waals surface area (Å²) < 4.78 is 0. The molecule has 3 rings (SSSR count). The molecule has 2 N–H and O–H groups in total. The van der Waals surface area contributed by atoms with Gasteiger partial charge in [0.25, 0.3) is 5.91 Å². The molecule has 0 bridgehead atoms. The molecule has 0 saturated carbocycles. The standard InChI is InChI=1S/C20H14Cl2N2O2/c21-16-7-4-8-17(22)18(16)19(25)24(20(23)26)15-11-9-14(10-12-15)13-5-2-1-3-6-13/h1-12H,(H2,23,26). The fourth-order valence-electron chi connectivity index (χ4n) is 2.59. The predicted molar refractivity (Wildman–Crippen MR) is 105 cm³/mol. The Balaban J connectivity index is 1.99. The fraction of sp³-hybridized carbons (Fsp3) is 0. The molecule has 0 spiro atoms. The molecule has 0 heterocycles. The highest BCUT2D eigenvalue weighted by Gasteiger charge is 2.26. The second-order valence-corrected chi connectivity index (χ2v) is 6.30. The summed E-state index contributed by atoms with van der Waals surface area (Å²) in [5.41, 5.74) is 7.76. The summed E-state index contributed by atoms with van der Waals surface area (Å²) in [5, 5.41) is 0.296. The van der Waals surface area contributed by atoms with Gasteiger partial charge in [0.15, 0.2) is 0 Å². The van der Waals surface area contributed by atoms with Crippen molar-refractivity contribution in [1.82, 2.24) is 0 Å². The first-order valence-electron chi connectivity index (χ1n) is 7.72. The largest absolute Gasteiger partial charge is 0.351 e. The van der Waals surface area contributed by atoms with E-state index < -0.39 is 11.9 Å². The highest BCUT2D eigenvalue weighted by atomic mass is 35.5. The summed E-state index contributed by atoms with van der Waals surface area (Å²) in [7, 11) is 0. The van der Waals surface area contributed by atoms with Crippen LogP contribution in [0.1, 0.15) is 10.4 Å². The van der Waals surface area contributed by atoms with Crippen LogP contribution in [0.15, 0.2) is 72.8 Å². The number of carbonyl (C=O) groups excluding carboxylic acids is 2. The van der Waals surface area contributed by atoms with Crippen molar-refractivity contribution in [3.8, 4) is 11.1 Å². The average molecular weight is 385 g/mol.